The van der Waals surface area contributed by atoms with Crippen LogP contribution >= 0.6 is 0 Å². The third-order valence-electron chi connectivity index (χ3n) is 3.84. The van der Waals surface area contributed by atoms with E-state index in [1.807, 2.05) is 0 Å². The van der Waals surface area contributed by atoms with Gasteiger partial charge in [-0.1, -0.05) is 6.07 Å². The van der Waals surface area contributed by atoms with Crippen LogP contribution in [0.5, 0.6) is 0 Å². The van der Waals surface area contributed by atoms with Crippen LogP contribution in [0.25, 0.3) is 0 Å². The molecule has 0 fully saturated rings. The van der Waals surface area contributed by atoms with Crippen molar-refractivity contribution in [1.82, 2.24) is 4.98 Å². The van der Waals surface area contributed by atoms with E-state index in [9.17, 15) is 0 Å². The number of pyridine rings is 1. The molecule has 0 saturated carbocycles. The molecule has 0 radical (unpaired) electrons. The van der Waals surface area contributed by atoms with E-state index in [-0.39, 0.29) is 5.92 Å². The van der Waals surface area contributed by atoms with Crippen molar-refractivity contribution in [3.63, 3.8) is 0 Å². The Labute approximate surface area is 96.3 Å². The summed E-state index contributed by atoms with van der Waals surface area (Å²) in [6.45, 7) is 0. The van der Waals surface area contributed by atoms with Gasteiger partial charge in [0.1, 0.15) is 0 Å². The van der Waals surface area contributed by atoms with Crippen LogP contribution in [0.1, 0.15) is 54.1 Å². The van der Waals surface area contributed by atoms with E-state index in [4.69, 9.17) is 10.2 Å². The largest absolute Gasteiger partial charge is 0.256 e. The second kappa shape index (κ2) is 3.90. The van der Waals surface area contributed by atoms with Gasteiger partial charge in [0, 0.05) is 5.69 Å². The first kappa shape index (κ1) is 9.84. The average molecular weight is 212 g/mol. The van der Waals surface area contributed by atoms with E-state index < -0.39 is 0 Å². The minimum atomic E-state index is 0.0518. The highest BCUT2D eigenvalue weighted by Crippen LogP contribution is 2.32. The summed E-state index contributed by atoms with van der Waals surface area (Å²) in [5.74, 6) is 0.0518. The predicted molar refractivity (Wildman–Crippen MR) is 62.2 cm³/mol. The standard InChI is InChI=1S/C14H16N2/c15-9-12-6-3-5-11-8-10-4-1-2-7-13(10)16-14(11)12/h8,12H,1-7H2/t12-/m0/s1. The lowest BCUT2D eigenvalue weighted by Crippen LogP contribution is -2.15. The second-order valence-corrected chi connectivity index (χ2v) is 4.92. The fourth-order valence-corrected chi connectivity index (χ4v) is 2.96. The molecule has 0 unspecified atom stereocenters. The number of nitriles is 1. The van der Waals surface area contributed by atoms with Crippen LogP contribution in [0.15, 0.2) is 6.07 Å². The zero-order valence-corrected chi connectivity index (χ0v) is 9.50. The molecule has 82 valence electrons. The van der Waals surface area contributed by atoms with Crippen molar-refractivity contribution < 1.29 is 0 Å². The SMILES string of the molecule is N#C[C@@H]1CCCc2cc3c(nc21)CCCC3. The Balaban J connectivity index is 2.09. The molecular weight excluding hydrogens is 196 g/mol. The minimum absolute atomic E-state index is 0.0518. The highest BCUT2D eigenvalue weighted by molar-refractivity contribution is 5.37. The van der Waals surface area contributed by atoms with Gasteiger partial charge < -0.3 is 0 Å². The van der Waals surface area contributed by atoms with Crippen LogP contribution in [0.2, 0.25) is 0 Å². The van der Waals surface area contributed by atoms with Crippen LogP contribution in [-0.2, 0) is 19.3 Å². The highest BCUT2D eigenvalue weighted by atomic mass is 14.7. The Kier molecular flexibility index (Phi) is 2.40. The van der Waals surface area contributed by atoms with Crippen molar-refractivity contribution in [3.8, 4) is 6.07 Å². The maximum Gasteiger partial charge on any atom is 0.0887 e. The summed E-state index contributed by atoms with van der Waals surface area (Å²) in [4.78, 5) is 4.78. The van der Waals surface area contributed by atoms with Crippen LogP contribution in [0.4, 0.5) is 0 Å². The summed E-state index contributed by atoms with van der Waals surface area (Å²) in [5, 5.41) is 9.15. The van der Waals surface area contributed by atoms with Gasteiger partial charge in [-0.3, -0.25) is 4.98 Å². The molecule has 1 atom stereocenters. The molecule has 1 aromatic heterocycles. The maximum atomic E-state index is 9.15. The quantitative estimate of drug-likeness (QED) is 0.663. The summed E-state index contributed by atoms with van der Waals surface area (Å²) in [6, 6.07) is 4.74. The number of aromatic nitrogens is 1. The van der Waals surface area contributed by atoms with E-state index >= 15 is 0 Å². The molecule has 3 rings (SSSR count). The van der Waals surface area contributed by atoms with Crippen molar-refractivity contribution in [3.05, 3.63) is 28.6 Å². The number of hydrogen-bond acceptors (Lipinski definition) is 2. The number of aryl methyl sites for hydroxylation is 3. The zero-order chi connectivity index (χ0) is 11.0. The van der Waals surface area contributed by atoms with Gasteiger partial charge in [0.15, 0.2) is 0 Å². The first-order chi connectivity index (χ1) is 7.88. The molecule has 0 spiro atoms. The maximum absolute atomic E-state index is 9.15. The fraction of sp³-hybridized carbons (Fsp3) is 0.571. The molecule has 2 heteroatoms. The lowest BCUT2D eigenvalue weighted by molar-refractivity contribution is 0.597. The first-order valence-electron chi connectivity index (χ1n) is 6.29. The van der Waals surface area contributed by atoms with E-state index in [0.717, 1.165) is 31.4 Å². The van der Waals surface area contributed by atoms with Gasteiger partial charge in [-0.2, -0.15) is 5.26 Å². The first-order valence-corrected chi connectivity index (χ1v) is 6.29. The number of hydrogen-bond donors (Lipinski definition) is 0. The molecule has 0 amide bonds. The summed E-state index contributed by atoms with van der Waals surface area (Å²) in [6.07, 6.45) is 8.12. The lowest BCUT2D eigenvalue weighted by Gasteiger charge is -2.24. The average Bonchev–Trinajstić information content (AvgIpc) is 2.35. The molecular formula is C14H16N2. The Bertz CT molecular complexity index is 457. The zero-order valence-electron chi connectivity index (χ0n) is 9.50. The molecule has 16 heavy (non-hydrogen) atoms. The van der Waals surface area contributed by atoms with Gasteiger partial charge in [0.2, 0.25) is 0 Å². The van der Waals surface area contributed by atoms with Gasteiger partial charge in [-0.05, 0) is 56.1 Å². The molecule has 1 aromatic rings. The smallest absolute Gasteiger partial charge is 0.0887 e. The van der Waals surface area contributed by atoms with E-state index in [1.54, 1.807) is 0 Å². The van der Waals surface area contributed by atoms with E-state index in [0.29, 0.717) is 0 Å². The molecule has 0 aromatic carbocycles. The van der Waals surface area contributed by atoms with Crippen molar-refractivity contribution in [2.75, 3.05) is 0 Å². The summed E-state index contributed by atoms with van der Waals surface area (Å²) < 4.78 is 0. The Morgan fingerprint density at radius 1 is 1.12 bits per heavy atom. The number of rotatable bonds is 0. The number of fused-ring (bicyclic) bond motifs is 2. The molecule has 2 aliphatic carbocycles. The number of nitrogens with zero attached hydrogens (tertiary/aromatic N) is 2. The van der Waals surface area contributed by atoms with Crippen LogP contribution in [0, 0.1) is 11.3 Å². The molecule has 2 aliphatic rings. The van der Waals surface area contributed by atoms with Gasteiger partial charge in [0.05, 0.1) is 17.7 Å². The summed E-state index contributed by atoms with van der Waals surface area (Å²) in [7, 11) is 0. The molecule has 0 N–H and O–H groups in total. The van der Waals surface area contributed by atoms with Gasteiger partial charge in [0.25, 0.3) is 0 Å². The van der Waals surface area contributed by atoms with Gasteiger partial charge >= 0.3 is 0 Å². The van der Waals surface area contributed by atoms with Crippen LogP contribution in [0.3, 0.4) is 0 Å². The summed E-state index contributed by atoms with van der Waals surface area (Å²) in [5.41, 5.74) is 5.16. The molecule has 2 nitrogen and oxygen atoms in total. The fourth-order valence-electron chi connectivity index (χ4n) is 2.96. The second-order valence-electron chi connectivity index (χ2n) is 4.92. The predicted octanol–water partition coefficient (Wildman–Crippen LogP) is 2.90. The Hall–Kier alpha value is -1.36. The molecule has 0 bridgehead atoms. The Morgan fingerprint density at radius 3 is 2.81 bits per heavy atom. The van der Waals surface area contributed by atoms with Gasteiger partial charge in [-0.25, -0.2) is 0 Å². The van der Waals surface area contributed by atoms with Crippen LogP contribution < -0.4 is 0 Å². The molecule has 1 heterocycles. The van der Waals surface area contributed by atoms with Crippen molar-refractivity contribution in [1.29, 1.82) is 5.26 Å². The van der Waals surface area contributed by atoms with Crippen molar-refractivity contribution >= 4 is 0 Å². The van der Waals surface area contributed by atoms with Crippen molar-refractivity contribution in [2.45, 2.75) is 50.9 Å². The lowest BCUT2D eigenvalue weighted by atomic mass is 9.84. The van der Waals surface area contributed by atoms with Gasteiger partial charge in [-0.15, -0.1) is 0 Å². The molecule has 0 saturated heterocycles. The van der Waals surface area contributed by atoms with E-state index in [2.05, 4.69) is 12.1 Å². The highest BCUT2D eigenvalue weighted by Gasteiger charge is 2.24. The molecule has 0 aliphatic heterocycles. The van der Waals surface area contributed by atoms with Crippen molar-refractivity contribution in [2.24, 2.45) is 0 Å². The van der Waals surface area contributed by atoms with E-state index in [1.165, 1.54) is 36.1 Å². The third kappa shape index (κ3) is 1.51. The Morgan fingerprint density at radius 2 is 1.94 bits per heavy atom. The third-order valence-corrected chi connectivity index (χ3v) is 3.84. The van der Waals surface area contributed by atoms with Crippen LogP contribution in [-0.4, -0.2) is 4.98 Å². The normalized spacial score (nSPS) is 23.1. The minimum Gasteiger partial charge on any atom is -0.256 e. The summed E-state index contributed by atoms with van der Waals surface area (Å²) >= 11 is 0. The topological polar surface area (TPSA) is 36.7 Å². The monoisotopic (exact) mass is 212 g/mol.